The monoisotopic (exact) mass is 348 g/mol. The molecule has 0 spiro atoms. The van der Waals surface area contributed by atoms with Crippen molar-refractivity contribution in [2.24, 2.45) is 0 Å². The third kappa shape index (κ3) is 4.32. The topological polar surface area (TPSA) is 88.5 Å². The van der Waals surface area contributed by atoms with Crippen LogP contribution in [-0.4, -0.2) is 27.5 Å². The van der Waals surface area contributed by atoms with Gasteiger partial charge in [-0.1, -0.05) is 13.0 Å². The number of hydrogen-bond acceptors (Lipinski definition) is 5. The molecule has 7 heteroatoms. The van der Waals surface area contributed by atoms with E-state index in [9.17, 15) is 14.7 Å². The number of amides is 1. The van der Waals surface area contributed by atoms with Crippen LogP contribution in [0.4, 0.5) is 0 Å². The molecule has 0 saturated heterocycles. The van der Waals surface area contributed by atoms with E-state index in [1.165, 1.54) is 6.92 Å². The van der Waals surface area contributed by atoms with E-state index >= 15 is 0 Å². The quantitative estimate of drug-likeness (QED) is 0.803. The Hall–Kier alpha value is -2.41. The fraction of sp³-hybridized carbons (Fsp3) is 0.353. The molecule has 1 unspecified atom stereocenters. The number of carbonyl (C=O) groups excluding carboxylic acids is 1. The summed E-state index contributed by atoms with van der Waals surface area (Å²) in [7, 11) is 0. The van der Waals surface area contributed by atoms with Gasteiger partial charge in [-0.15, -0.1) is 11.3 Å². The maximum atomic E-state index is 12.3. The summed E-state index contributed by atoms with van der Waals surface area (Å²) in [6.07, 6.45) is 0.285. The largest absolute Gasteiger partial charge is 0.487 e. The molecular weight excluding hydrogens is 328 g/mol. The summed E-state index contributed by atoms with van der Waals surface area (Å²) in [6, 6.07) is 6.65. The third-order valence-electron chi connectivity index (χ3n) is 3.72. The second-order valence-electron chi connectivity index (χ2n) is 5.62. The molecule has 0 fully saturated rings. The van der Waals surface area contributed by atoms with Gasteiger partial charge >= 0.3 is 5.97 Å². The number of nitrogens with one attached hydrogen (secondary N) is 1. The highest BCUT2D eigenvalue weighted by molar-refractivity contribution is 7.09. The number of hydrogen-bond donors (Lipinski definition) is 2. The van der Waals surface area contributed by atoms with Gasteiger partial charge in [0.25, 0.3) is 5.91 Å². The Morgan fingerprint density at radius 1 is 1.42 bits per heavy atom. The van der Waals surface area contributed by atoms with Crippen LogP contribution >= 0.6 is 11.3 Å². The Morgan fingerprint density at radius 3 is 2.75 bits per heavy atom. The molecule has 2 aromatic rings. The molecule has 0 aliphatic heterocycles. The Labute approximate surface area is 144 Å². The number of aromatic nitrogens is 1. The van der Waals surface area contributed by atoms with Gasteiger partial charge in [0.05, 0.1) is 10.7 Å². The second-order valence-corrected chi connectivity index (χ2v) is 6.68. The lowest BCUT2D eigenvalue weighted by Gasteiger charge is -2.24. The van der Waals surface area contributed by atoms with Crippen molar-refractivity contribution in [3.63, 3.8) is 0 Å². The van der Waals surface area contributed by atoms with Gasteiger partial charge in [0, 0.05) is 10.9 Å². The molecule has 2 rings (SSSR count). The van der Waals surface area contributed by atoms with Crippen LogP contribution in [0.1, 0.15) is 41.3 Å². The molecule has 128 valence electrons. The summed E-state index contributed by atoms with van der Waals surface area (Å²) in [6.45, 7) is 5.44. The second kappa shape index (κ2) is 7.44. The molecular formula is C17H20N2O4S. The zero-order valence-corrected chi connectivity index (χ0v) is 14.6. The minimum absolute atomic E-state index is 0.285. The Kier molecular flexibility index (Phi) is 5.56. The fourth-order valence-electron chi connectivity index (χ4n) is 1.97. The van der Waals surface area contributed by atoms with E-state index in [-0.39, 0.29) is 6.42 Å². The first-order chi connectivity index (χ1) is 11.3. The highest BCUT2D eigenvalue weighted by atomic mass is 32.1. The van der Waals surface area contributed by atoms with Crippen molar-refractivity contribution >= 4 is 23.2 Å². The predicted octanol–water partition coefficient (Wildman–Crippen LogP) is 3.01. The highest BCUT2D eigenvalue weighted by Gasteiger charge is 2.33. The van der Waals surface area contributed by atoms with Crippen molar-refractivity contribution in [3.8, 4) is 5.75 Å². The SMILES string of the molecule is CCC(C)(NC(=O)c1cccc(OCc2csc(C)n2)c1)C(=O)O. The van der Waals surface area contributed by atoms with E-state index in [2.05, 4.69) is 10.3 Å². The smallest absolute Gasteiger partial charge is 0.329 e. The van der Waals surface area contributed by atoms with Crippen LogP contribution in [0.25, 0.3) is 0 Å². The van der Waals surface area contributed by atoms with Crippen molar-refractivity contribution < 1.29 is 19.4 Å². The number of aliphatic carboxylic acids is 1. The summed E-state index contributed by atoms with van der Waals surface area (Å²) in [5, 5.41) is 14.7. The normalized spacial score (nSPS) is 13.1. The molecule has 0 saturated carbocycles. The summed E-state index contributed by atoms with van der Waals surface area (Å²) >= 11 is 1.55. The molecule has 2 N–H and O–H groups in total. The molecule has 6 nitrogen and oxygen atoms in total. The Morgan fingerprint density at radius 2 is 2.17 bits per heavy atom. The highest BCUT2D eigenvalue weighted by Crippen LogP contribution is 2.18. The van der Waals surface area contributed by atoms with Crippen LogP contribution in [0.15, 0.2) is 29.6 Å². The first-order valence-corrected chi connectivity index (χ1v) is 8.42. The van der Waals surface area contributed by atoms with Gasteiger partial charge in [0.2, 0.25) is 0 Å². The van der Waals surface area contributed by atoms with Gasteiger partial charge in [-0.3, -0.25) is 4.79 Å². The molecule has 0 aliphatic carbocycles. The average molecular weight is 348 g/mol. The number of benzene rings is 1. The predicted molar refractivity (Wildman–Crippen MR) is 91.4 cm³/mol. The minimum Gasteiger partial charge on any atom is -0.487 e. The van der Waals surface area contributed by atoms with Gasteiger partial charge in [-0.05, 0) is 38.5 Å². The Balaban J connectivity index is 2.06. The molecule has 0 bridgehead atoms. The lowest BCUT2D eigenvalue weighted by Crippen LogP contribution is -2.51. The zero-order valence-electron chi connectivity index (χ0n) is 13.8. The minimum atomic E-state index is -1.30. The standard InChI is InChI=1S/C17H20N2O4S/c1-4-17(3,16(21)22)19-15(20)12-6-5-7-14(8-12)23-9-13-10-24-11(2)18-13/h5-8,10H,4,9H2,1-3H3,(H,19,20)(H,21,22). The first-order valence-electron chi connectivity index (χ1n) is 7.54. The van der Waals surface area contributed by atoms with Gasteiger partial charge in [0.15, 0.2) is 0 Å². The van der Waals surface area contributed by atoms with E-state index in [0.717, 1.165) is 10.7 Å². The van der Waals surface area contributed by atoms with Crippen LogP contribution in [0.2, 0.25) is 0 Å². The number of nitrogens with zero attached hydrogens (tertiary/aromatic N) is 1. The van der Waals surface area contributed by atoms with Crippen molar-refractivity contribution in [1.29, 1.82) is 0 Å². The first kappa shape index (κ1) is 17.9. The van der Waals surface area contributed by atoms with Gasteiger partial charge in [0.1, 0.15) is 17.9 Å². The lowest BCUT2D eigenvalue weighted by atomic mass is 9.98. The third-order valence-corrected chi connectivity index (χ3v) is 4.54. The van der Waals surface area contributed by atoms with Crippen LogP contribution in [0, 0.1) is 6.92 Å². The number of carboxylic acids is 1. The molecule has 24 heavy (non-hydrogen) atoms. The summed E-state index contributed by atoms with van der Waals surface area (Å²) in [4.78, 5) is 27.9. The van der Waals surface area contributed by atoms with Crippen molar-refractivity contribution in [1.82, 2.24) is 10.3 Å². The average Bonchev–Trinajstić information content (AvgIpc) is 2.98. The van der Waals surface area contributed by atoms with E-state index in [4.69, 9.17) is 4.74 Å². The van der Waals surface area contributed by atoms with Crippen LogP contribution < -0.4 is 10.1 Å². The number of rotatable bonds is 7. The summed E-state index contributed by atoms with van der Waals surface area (Å²) in [5.74, 6) is -0.983. The van der Waals surface area contributed by atoms with Gasteiger partial charge < -0.3 is 15.2 Å². The van der Waals surface area contributed by atoms with Crippen LogP contribution in [0.5, 0.6) is 5.75 Å². The van der Waals surface area contributed by atoms with Crippen LogP contribution in [0.3, 0.4) is 0 Å². The number of thiazole rings is 1. The van der Waals surface area contributed by atoms with Crippen molar-refractivity contribution in [2.45, 2.75) is 39.3 Å². The van der Waals surface area contributed by atoms with Crippen molar-refractivity contribution in [2.75, 3.05) is 0 Å². The molecule has 1 aromatic heterocycles. The maximum Gasteiger partial charge on any atom is 0.329 e. The Bertz CT molecular complexity index is 744. The summed E-state index contributed by atoms with van der Waals surface area (Å²) in [5.41, 5.74) is -0.119. The summed E-state index contributed by atoms with van der Waals surface area (Å²) < 4.78 is 5.65. The molecule has 1 aromatic carbocycles. The molecule has 1 atom stereocenters. The maximum absolute atomic E-state index is 12.3. The molecule has 0 aliphatic rings. The van der Waals surface area contributed by atoms with Crippen LogP contribution in [-0.2, 0) is 11.4 Å². The molecule has 1 heterocycles. The fourth-order valence-corrected chi connectivity index (χ4v) is 2.57. The zero-order chi connectivity index (χ0) is 17.7. The van der Waals surface area contributed by atoms with E-state index in [1.807, 2.05) is 12.3 Å². The number of carboxylic acid groups (broad SMARTS) is 1. The van der Waals surface area contributed by atoms with E-state index < -0.39 is 17.4 Å². The van der Waals surface area contributed by atoms with Gasteiger partial charge in [-0.25, -0.2) is 9.78 Å². The number of aryl methyl sites for hydroxylation is 1. The lowest BCUT2D eigenvalue weighted by molar-refractivity contribution is -0.143. The van der Waals surface area contributed by atoms with Crippen molar-refractivity contribution in [3.05, 3.63) is 45.9 Å². The molecule has 0 radical (unpaired) electrons. The number of ether oxygens (including phenoxy) is 1. The van der Waals surface area contributed by atoms with Gasteiger partial charge in [-0.2, -0.15) is 0 Å². The van der Waals surface area contributed by atoms with E-state index in [1.54, 1.807) is 42.5 Å². The number of carbonyl (C=O) groups is 2. The van der Waals surface area contributed by atoms with E-state index in [0.29, 0.717) is 17.9 Å². The molecule has 1 amide bonds.